The van der Waals surface area contributed by atoms with E-state index in [0.29, 0.717) is 10.7 Å². The zero-order chi connectivity index (χ0) is 10.7. The van der Waals surface area contributed by atoms with Crippen LogP contribution in [0, 0.1) is 11.3 Å². The molecule has 0 fully saturated rings. The molecule has 0 aliphatic rings. The molecule has 1 aromatic heterocycles. The summed E-state index contributed by atoms with van der Waals surface area (Å²) in [5.41, 5.74) is 0.306. The number of hydrogen-bond acceptors (Lipinski definition) is 4. The molecule has 0 atom stereocenters. The van der Waals surface area contributed by atoms with Crippen LogP contribution < -0.4 is 0 Å². The van der Waals surface area contributed by atoms with Gasteiger partial charge in [-0.2, -0.15) is 9.64 Å². The molecule has 0 saturated heterocycles. The van der Waals surface area contributed by atoms with E-state index in [4.69, 9.17) is 16.9 Å². The smallest absolute Gasteiger partial charge is 0.174 e. The van der Waals surface area contributed by atoms with E-state index in [9.17, 15) is 0 Å². The highest BCUT2D eigenvalue weighted by Gasteiger charge is 2.11. The van der Waals surface area contributed by atoms with Crippen LogP contribution in [-0.2, 0) is 0 Å². The minimum atomic E-state index is 0.306. The van der Waals surface area contributed by atoms with Crippen molar-refractivity contribution >= 4 is 34.9 Å². The van der Waals surface area contributed by atoms with E-state index >= 15 is 0 Å². The maximum absolute atomic E-state index is 8.70. The molecule has 0 spiro atoms. The average molecular weight is 253 g/mol. The van der Waals surface area contributed by atoms with Crippen molar-refractivity contribution in [1.29, 1.82) is 5.26 Å². The van der Waals surface area contributed by atoms with Crippen LogP contribution in [0.1, 0.15) is 5.69 Å². The summed E-state index contributed by atoms with van der Waals surface area (Å²) < 4.78 is 4.82. The second-order valence-corrected chi connectivity index (χ2v) is 5.15. The molecule has 0 N–H and O–H groups in total. The molecule has 0 amide bonds. The first-order chi connectivity index (χ1) is 7.31. The lowest BCUT2D eigenvalue weighted by atomic mass is 10.4. The Morgan fingerprint density at radius 2 is 2.07 bits per heavy atom. The third-order valence-electron chi connectivity index (χ3n) is 1.67. The lowest BCUT2D eigenvalue weighted by Crippen LogP contribution is -1.71. The zero-order valence-corrected chi connectivity index (χ0v) is 9.86. The molecule has 0 bridgehead atoms. The minimum Gasteiger partial charge on any atom is -0.191 e. The van der Waals surface area contributed by atoms with Gasteiger partial charge in [-0.25, -0.2) is 0 Å². The van der Waals surface area contributed by atoms with E-state index in [1.165, 1.54) is 23.3 Å². The number of benzene rings is 1. The Bertz CT molecular complexity index is 502. The number of nitriles is 1. The van der Waals surface area contributed by atoms with Gasteiger partial charge in [0.05, 0.1) is 0 Å². The maximum atomic E-state index is 8.70. The standard InChI is InChI=1S/C10H5ClN2S2/c11-9-8(6-12)13-15-10(9)14-7-4-2-1-3-5-7/h1-5H. The van der Waals surface area contributed by atoms with Gasteiger partial charge in [-0.3, -0.25) is 0 Å². The number of aromatic nitrogens is 1. The van der Waals surface area contributed by atoms with Gasteiger partial charge in [0.25, 0.3) is 0 Å². The van der Waals surface area contributed by atoms with Crippen LogP contribution in [0.5, 0.6) is 0 Å². The third-order valence-corrected chi connectivity index (χ3v) is 4.27. The summed E-state index contributed by atoms with van der Waals surface area (Å²) in [4.78, 5) is 1.09. The Kier molecular flexibility index (Phi) is 3.27. The predicted molar refractivity (Wildman–Crippen MR) is 62.4 cm³/mol. The summed E-state index contributed by atoms with van der Waals surface area (Å²) in [6.07, 6.45) is 0. The zero-order valence-electron chi connectivity index (χ0n) is 7.48. The molecular weight excluding hydrogens is 248 g/mol. The summed E-state index contributed by atoms with van der Waals surface area (Å²) in [6, 6.07) is 11.8. The summed E-state index contributed by atoms with van der Waals surface area (Å²) in [6.45, 7) is 0. The van der Waals surface area contributed by atoms with Crippen molar-refractivity contribution < 1.29 is 0 Å². The Balaban J connectivity index is 2.26. The van der Waals surface area contributed by atoms with E-state index in [1.807, 2.05) is 36.4 Å². The van der Waals surface area contributed by atoms with Crippen molar-refractivity contribution in [2.45, 2.75) is 9.10 Å². The van der Waals surface area contributed by atoms with Gasteiger partial charge >= 0.3 is 0 Å². The van der Waals surface area contributed by atoms with Gasteiger partial charge in [0.15, 0.2) is 5.69 Å². The second-order valence-electron chi connectivity index (χ2n) is 2.66. The van der Waals surface area contributed by atoms with Crippen LogP contribution in [0.25, 0.3) is 0 Å². The molecular formula is C10H5ClN2S2. The molecule has 74 valence electrons. The van der Waals surface area contributed by atoms with Crippen molar-refractivity contribution in [2.24, 2.45) is 0 Å². The van der Waals surface area contributed by atoms with Gasteiger partial charge in [0.1, 0.15) is 15.3 Å². The molecule has 0 saturated carbocycles. The summed E-state index contributed by atoms with van der Waals surface area (Å²) >= 11 is 8.76. The summed E-state index contributed by atoms with van der Waals surface area (Å²) in [5, 5.41) is 9.15. The van der Waals surface area contributed by atoms with E-state index < -0.39 is 0 Å². The van der Waals surface area contributed by atoms with Crippen LogP contribution in [0.2, 0.25) is 5.02 Å². The molecule has 0 aliphatic heterocycles. The fourth-order valence-electron chi connectivity index (χ4n) is 0.992. The number of hydrogen-bond donors (Lipinski definition) is 0. The highest BCUT2D eigenvalue weighted by molar-refractivity contribution is 8.01. The first-order valence-corrected chi connectivity index (χ1v) is 6.06. The topological polar surface area (TPSA) is 36.7 Å². The first-order valence-electron chi connectivity index (χ1n) is 4.09. The van der Waals surface area contributed by atoms with Gasteiger partial charge < -0.3 is 0 Å². The second kappa shape index (κ2) is 4.67. The maximum Gasteiger partial charge on any atom is 0.174 e. The molecule has 2 aromatic rings. The van der Waals surface area contributed by atoms with E-state index in [-0.39, 0.29) is 0 Å². The highest BCUT2D eigenvalue weighted by Crippen LogP contribution is 2.37. The lowest BCUT2D eigenvalue weighted by molar-refractivity contribution is 1.40. The van der Waals surface area contributed by atoms with Gasteiger partial charge in [-0.05, 0) is 23.7 Å². The number of nitrogens with zero attached hydrogens (tertiary/aromatic N) is 2. The van der Waals surface area contributed by atoms with E-state index in [2.05, 4.69) is 4.37 Å². The molecule has 5 heteroatoms. The molecule has 0 radical (unpaired) electrons. The van der Waals surface area contributed by atoms with Crippen LogP contribution in [0.15, 0.2) is 39.4 Å². The van der Waals surface area contributed by atoms with Crippen molar-refractivity contribution in [3.8, 4) is 6.07 Å². The fourth-order valence-corrected chi connectivity index (χ4v) is 3.07. The average Bonchev–Trinajstić information content (AvgIpc) is 2.62. The van der Waals surface area contributed by atoms with Crippen molar-refractivity contribution in [3.63, 3.8) is 0 Å². The normalized spacial score (nSPS) is 9.87. The van der Waals surface area contributed by atoms with E-state index in [0.717, 1.165) is 9.10 Å². The quantitative estimate of drug-likeness (QED) is 0.815. The Hall–Kier alpha value is -1.02. The largest absolute Gasteiger partial charge is 0.191 e. The van der Waals surface area contributed by atoms with Crippen LogP contribution in [0.4, 0.5) is 0 Å². The SMILES string of the molecule is N#Cc1nsc(Sc2ccccc2)c1Cl. The van der Waals surface area contributed by atoms with Crippen molar-refractivity contribution in [1.82, 2.24) is 4.37 Å². The minimum absolute atomic E-state index is 0.306. The lowest BCUT2D eigenvalue weighted by Gasteiger charge is -1.96. The van der Waals surface area contributed by atoms with Gasteiger partial charge in [-0.1, -0.05) is 41.6 Å². The van der Waals surface area contributed by atoms with Gasteiger partial charge in [0, 0.05) is 4.90 Å². The highest BCUT2D eigenvalue weighted by atomic mass is 35.5. The van der Waals surface area contributed by atoms with Gasteiger partial charge in [0.2, 0.25) is 0 Å². The molecule has 1 heterocycles. The Labute approximate surface area is 101 Å². The molecule has 0 aliphatic carbocycles. The van der Waals surface area contributed by atoms with Crippen molar-refractivity contribution in [2.75, 3.05) is 0 Å². The fraction of sp³-hybridized carbons (Fsp3) is 0. The Morgan fingerprint density at radius 3 is 2.67 bits per heavy atom. The third kappa shape index (κ3) is 2.32. The van der Waals surface area contributed by atoms with Crippen LogP contribution in [0.3, 0.4) is 0 Å². The monoisotopic (exact) mass is 252 g/mol. The molecule has 2 rings (SSSR count). The summed E-state index contributed by atoms with van der Waals surface area (Å²) in [7, 11) is 0. The molecule has 1 aromatic carbocycles. The van der Waals surface area contributed by atoms with Crippen molar-refractivity contribution in [3.05, 3.63) is 41.0 Å². The molecule has 2 nitrogen and oxygen atoms in total. The summed E-state index contributed by atoms with van der Waals surface area (Å²) in [5.74, 6) is 0. The first kappa shape index (κ1) is 10.5. The Morgan fingerprint density at radius 1 is 1.33 bits per heavy atom. The predicted octanol–water partition coefficient (Wildman–Crippen LogP) is 3.82. The van der Waals surface area contributed by atoms with Crippen LogP contribution in [-0.4, -0.2) is 4.37 Å². The van der Waals surface area contributed by atoms with Crippen LogP contribution >= 0.6 is 34.9 Å². The van der Waals surface area contributed by atoms with Gasteiger partial charge in [-0.15, -0.1) is 0 Å². The molecule has 0 unspecified atom stereocenters. The number of rotatable bonds is 2. The van der Waals surface area contributed by atoms with E-state index in [1.54, 1.807) is 0 Å². The molecule has 15 heavy (non-hydrogen) atoms. The number of halogens is 1.